The van der Waals surface area contributed by atoms with Crippen LogP contribution in [0.5, 0.6) is 0 Å². The maximum atomic E-state index is 12.4. The maximum absolute atomic E-state index is 12.4. The van der Waals surface area contributed by atoms with Crippen molar-refractivity contribution in [1.29, 1.82) is 0 Å². The second-order valence-corrected chi connectivity index (χ2v) is 7.01. The average molecular weight is 314 g/mol. The van der Waals surface area contributed by atoms with E-state index < -0.39 is 14.8 Å². The van der Waals surface area contributed by atoms with Gasteiger partial charge in [0.25, 0.3) is 5.69 Å². The molecule has 7 nitrogen and oxygen atoms in total. The van der Waals surface area contributed by atoms with E-state index in [0.717, 1.165) is 0 Å². The largest absolute Gasteiger partial charge is 0.379 e. The quantitative estimate of drug-likeness (QED) is 0.597. The smallest absolute Gasteiger partial charge is 0.287 e. The fourth-order valence-electron chi connectivity index (χ4n) is 2.40. The van der Waals surface area contributed by atoms with Crippen LogP contribution in [0.1, 0.15) is 6.92 Å². The van der Waals surface area contributed by atoms with E-state index in [0.29, 0.717) is 26.3 Å². The van der Waals surface area contributed by atoms with Crippen molar-refractivity contribution in [3.63, 3.8) is 0 Å². The lowest BCUT2D eigenvalue weighted by molar-refractivity contribution is -0.387. The minimum Gasteiger partial charge on any atom is -0.379 e. The van der Waals surface area contributed by atoms with Crippen LogP contribution in [0.3, 0.4) is 0 Å². The van der Waals surface area contributed by atoms with Crippen LogP contribution in [0, 0.1) is 10.1 Å². The summed E-state index contributed by atoms with van der Waals surface area (Å²) in [5.41, 5.74) is -0.369. The average Bonchev–Trinajstić information content (AvgIpc) is 2.47. The van der Waals surface area contributed by atoms with Crippen LogP contribution in [-0.4, -0.2) is 56.3 Å². The van der Waals surface area contributed by atoms with Gasteiger partial charge in [0, 0.05) is 25.2 Å². The molecule has 1 heterocycles. The summed E-state index contributed by atoms with van der Waals surface area (Å²) in [4.78, 5) is 12.1. The van der Waals surface area contributed by atoms with Gasteiger partial charge in [0.05, 0.1) is 23.9 Å². The Hall–Kier alpha value is -1.51. The van der Waals surface area contributed by atoms with E-state index in [9.17, 15) is 18.5 Å². The molecule has 0 radical (unpaired) electrons. The molecule has 1 aromatic rings. The minimum atomic E-state index is -3.71. The van der Waals surface area contributed by atoms with Gasteiger partial charge in [-0.2, -0.15) is 0 Å². The lowest BCUT2D eigenvalue weighted by Crippen LogP contribution is -2.45. The number of hydrogen-bond acceptors (Lipinski definition) is 6. The number of para-hydroxylation sites is 1. The van der Waals surface area contributed by atoms with E-state index in [2.05, 4.69) is 0 Å². The zero-order chi connectivity index (χ0) is 15.5. The second kappa shape index (κ2) is 6.50. The van der Waals surface area contributed by atoms with Crippen LogP contribution in [0.15, 0.2) is 29.2 Å². The standard InChI is InChI=1S/C13H18N2O5S/c1-11(14-6-8-20-9-7-14)10-21(18,19)13-5-3-2-4-12(13)15(16)17/h2-5,11H,6-10H2,1H3/t11-/m1/s1. The molecule has 1 saturated heterocycles. The summed E-state index contributed by atoms with van der Waals surface area (Å²) in [6.07, 6.45) is 0. The van der Waals surface area contributed by atoms with Crippen molar-refractivity contribution in [2.75, 3.05) is 32.1 Å². The Morgan fingerprint density at radius 2 is 1.95 bits per heavy atom. The van der Waals surface area contributed by atoms with E-state index in [-0.39, 0.29) is 22.4 Å². The monoisotopic (exact) mass is 314 g/mol. The van der Waals surface area contributed by atoms with E-state index in [1.165, 1.54) is 24.3 Å². The number of nitro benzene ring substituents is 1. The molecule has 0 N–H and O–H groups in total. The molecule has 0 spiro atoms. The van der Waals surface area contributed by atoms with E-state index in [1.807, 2.05) is 11.8 Å². The Bertz CT molecular complexity index is 611. The molecule has 21 heavy (non-hydrogen) atoms. The third-order valence-corrected chi connectivity index (χ3v) is 5.46. The zero-order valence-electron chi connectivity index (χ0n) is 11.8. The minimum absolute atomic E-state index is 0.141. The van der Waals surface area contributed by atoms with Crippen LogP contribution in [-0.2, 0) is 14.6 Å². The molecule has 0 bridgehead atoms. The van der Waals surface area contributed by atoms with Crippen LogP contribution >= 0.6 is 0 Å². The van der Waals surface area contributed by atoms with Crippen molar-refractivity contribution in [3.8, 4) is 0 Å². The summed E-state index contributed by atoms with van der Waals surface area (Å²) in [7, 11) is -3.71. The Balaban J connectivity index is 2.20. The summed E-state index contributed by atoms with van der Waals surface area (Å²) < 4.78 is 30.1. The lowest BCUT2D eigenvalue weighted by Gasteiger charge is -2.32. The van der Waals surface area contributed by atoms with Gasteiger partial charge in [0.15, 0.2) is 9.84 Å². The van der Waals surface area contributed by atoms with E-state index in [4.69, 9.17) is 4.74 Å². The molecular weight excluding hydrogens is 296 g/mol. The number of sulfone groups is 1. The number of ether oxygens (including phenoxy) is 1. The molecule has 0 saturated carbocycles. The first-order valence-electron chi connectivity index (χ1n) is 6.70. The molecular formula is C13H18N2O5S. The van der Waals surface area contributed by atoms with Crippen molar-refractivity contribution < 1.29 is 18.1 Å². The molecule has 1 aromatic carbocycles. The molecule has 1 atom stereocenters. The van der Waals surface area contributed by atoms with Gasteiger partial charge in [-0.1, -0.05) is 12.1 Å². The highest BCUT2D eigenvalue weighted by atomic mass is 32.2. The molecule has 0 unspecified atom stereocenters. The molecule has 0 amide bonds. The van der Waals surface area contributed by atoms with Crippen LogP contribution in [0.2, 0.25) is 0 Å². The van der Waals surface area contributed by atoms with Crippen LogP contribution < -0.4 is 0 Å². The molecule has 8 heteroatoms. The van der Waals surface area contributed by atoms with Crippen molar-refractivity contribution >= 4 is 15.5 Å². The van der Waals surface area contributed by atoms with Crippen molar-refractivity contribution in [3.05, 3.63) is 34.4 Å². The van der Waals surface area contributed by atoms with Gasteiger partial charge in [-0.15, -0.1) is 0 Å². The Morgan fingerprint density at radius 3 is 2.57 bits per heavy atom. The summed E-state index contributed by atoms with van der Waals surface area (Å²) in [5, 5.41) is 11.0. The highest BCUT2D eigenvalue weighted by molar-refractivity contribution is 7.91. The molecule has 116 valence electrons. The third kappa shape index (κ3) is 3.78. The normalized spacial score (nSPS) is 18.3. The lowest BCUT2D eigenvalue weighted by atomic mass is 10.3. The number of rotatable bonds is 5. The molecule has 1 fully saturated rings. The second-order valence-electron chi connectivity index (χ2n) is 5.00. The van der Waals surface area contributed by atoms with Crippen LogP contribution in [0.4, 0.5) is 5.69 Å². The molecule has 2 rings (SSSR count). The van der Waals surface area contributed by atoms with Gasteiger partial charge in [0.1, 0.15) is 4.90 Å². The Kier molecular flexibility index (Phi) is 4.92. The summed E-state index contributed by atoms with van der Waals surface area (Å²) in [6, 6.07) is 5.26. The third-order valence-electron chi connectivity index (χ3n) is 3.53. The predicted octanol–water partition coefficient (Wildman–Crippen LogP) is 1.09. The highest BCUT2D eigenvalue weighted by Crippen LogP contribution is 2.25. The first-order valence-corrected chi connectivity index (χ1v) is 8.35. The summed E-state index contributed by atoms with van der Waals surface area (Å²) >= 11 is 0. The van der Waals surface area contributed by atoms with Gasteiger partial charge in [-0.3, -0.25) is 15.0 Å². The SMILES string of the molecule is C[C@H](CS(=O)(=O)c1ccccc1[N+](=O)[O-])N1CCOCC1. The molecule has 1 aliphatic heterocycles. The van der Waals surface area contributed by atoms with Gasteiger partial charge in [-0.25, -0.2) is 8.42 Å². The number of morpholine rings is 1. The zero-order valence-corrected chi connectivity index (χ0v) is 12.6. The first kappa shape index (κ1) is 15.9. The fourth-order valence-corrected chi connectivity index (χ4v) is 4.17. The molecule has 1 aliphatic rings. The number of hydrogen-bond donors (Lipinski definition) is 0. The molecule has 0 aliphatic carbocycles. The van der Waals surface area contributed by atoms with Crippen LogP contribution in [0.25, 0.3) is 0 Å². The highest BCUT2D eigenvalue weighted by Gasteiger charge is 2.29. The van der Waals surface area contributed by atoms with Gasteiger partial charge in [-0.05, 0) is 13.0 Å². The van der Waals surface area contributed by atoms with Crippen molar-refractivity contribution in [2.24, 2.45) is 0 Å². The Morgan fingerprint density at radius 1 is 1.33 bits per heavy atom. The van der Waals surface area contributed by atoms with Crippen molar-refractivity contribution in [1.82, 2.24) is 4.90 Å². The van der Waals surface area contributed by atoms with Gasteiger partial charge < -0.3 is 4.74 Å². The fraction of sp³-hybridized carbons (Fsp3) is 0.538. The predicted molar refractivity (Wildman–Crippen MR) is 77.0 cm³/mol. The van der Waals surface area contributed by atoms with Gasteiger partial charge in [0.2, 0.25) is 0 Å². The number of benzene rings is 1. The Labute approximate surface area is 123 Å². The number of nitrogens with zero attached hydrogens (tertiary/aromatic N) is 2. The summed E-state index contributed by atoms with van der Waals surface area (Å²) in [5.74, 6) is -0.141. The van der Waals surface area contributed by atoms with E-state index in [1.54, 1.807) is 0 Å². The molecule has 0 aromatic heterocycles. The van der Waals surface area contributed by atoms with Crippen molar-refractivity contribution in [2.45, 2.75) is 17.9 Å². The maximum Gasteiger partial charge on any atom is 0.287 e. The summed E-state index contributed by atoms with van der Waals surface area (Å²) in [6.45, 7) is 4.32. The first-order chi connectivity index (χ1) is 9.92. The topological polar surface area (TPSA) is 89.8 Å². The van der Waals surface area contributed by atoms with Gasteiger partial charge >= 0.3 is 0 Å². The van der Waals surface area contributed by atoms with E-state index >= 15 is 0 Å². The number of nitro groups is 1.